The van der Waals surface area contributed by atoms with E-state index < -0.39 is 0 Å². The Labute approximate surface area is 122 Å². The van der Waals surface area contributed by atoms with Crippen LogP contribution in [0.25, 0.3) is 0 Å². The minimum absolute atomic E-state index is 0.233. The number of carbonyl (C=O) groups excluding carboxylic acids is 1. The van der Waals surface area contributed by atoms with Gasteiger partial charge in [-0.1, -0.05) is 30.3 Å². The minimum Gasteiger partial charge on any atom is -0.344 e. The van der Waals surface area contributed by atoms with Crippen molar-refractivity contribution in [3.8, 4) is 0 Å². The van der Waals surface area contributed by atoms with Crippen molar-refractivity contribution in [3.63, 3.8) is 0 Å². The highest BCUT2D eigenvalue weighted by Gasteiger charge is 2.28. The quantitative estimate of drug-likeness (QED) is 0.895. The smallest absolute Gasteiger partial charge is 0.225 e. The molecule has 0 bridgehead atoms. The second kappa shape index (κ2) is 7.44. The van der Waals surface area contributed by atoms with Crippen LogP contribution in [-0.4, -0.2) is 38.0 Å². The molecule has 0 saturated heterocycles. The summed E-state index contributed by atoms with van der Waals surface area (Å²) in [4.78, 5) is 14.2. The number of hydrogen-bond donors (Lipinski definition) is 1. The van der Waals surface area contributed by atoms with E-state index in [2.05, 4.69) is 35.6 Å². The molecule has 1 saturated carbocycles. The van der Waals surface area contributed by atoms with E-state index in [0.29, 0.717) is 11.8 Å². The van der Waals surface area contributed by atoms with E-state index >= 15 is 0 Å². The van der Waals surface area contributed by atoms with Gasteiger partial charge >= 0.3 is 0 Å². The predicted octanol–water partition coefficient (Wildman–Crippen LogP) is 2.64. The Kier molecular flexibility index (Phi) is 5.60. The fraction of sp³-hybridized carbons (Fsp3) is 0.588. The molecule has 2 rings (SSSR count). The van der Waals surface area contributed by atoms with Crippen LogP contribution in [0.3, 0.4) is 0 Å². The van der Waals surface area contributed by atoms with Gasteiger partial charge in [0.2, 0.25) is 5.91 Å². The molecule has 110 valence electrons. The van der Waals surface area contributed by atoms with Crippen LogP contribution in [0.5, 0.6) is 0 Å². The van der Waals surface area contributed by atoms with Crippen molar-refractivity contribution in [3.05, 3.63) is 35.9 Å². The summed E-state index contributed by atoms with van der Waals surface area (Å²) in [6, 6.07) is 10.7. The molecule has 0 atom stereocenters. The third kappa shape index (κ3) is 3.83. The molecule has 20 heavy (non-hydrogen) atoms. The van der Waals surface area contributed by atoms with Crippen LogP contribution in [0.1, 0.15) is 37.2 Å². The summed E-state index contributed by atoms with van der Waals surface area (Å²) < 4.78 is 0. The molecule has 0 aliphatic heterocycles. The largest absolute Gasteiger partial charge is 0.344 e. The van der Waals surface area contributed by atoms with Gasteiger partial charge in [-0.15, -0.1) is 0 Å². The molecule has 0 spiro atoms. The van der Waals surface area contributed by atoms with E-state index in [1.807, 2.05) is 19.0 Å². The number of hydrogen-bond acceptors (Lipinski definition) is 2. The molecule has 1 aliphatic carbocycles. The number of amides is 1. The maximum Gasteiger partial charge on any atom is 0.225 e. The van der Waals surface area contributed by atoms with Gasteiger partial charge in [0.25, 0.3) is 0 Å². The second-order valence-electron chi connectivity index (χ2n) is 5.82. The maximum absolute atomic E-state index is 12.3. The van der Waals surface area contributed by atoms with Crippen molar-refractivity contribution in [2.24, 2.45) is 5.92 Å². The van der Waals surface area contributed by atoms with E-state index in [4.69, 9.17) is 0 Å². The van der Waals surface area contributed by atoms with Crippen LogP contribution in [-0.2, 0) is 4.79 Å². The van der Waals surface area contributed by atoms with Gasteiger partial charge in [-0.3, -0.25) is 4.79 Å². The monoisotopic (exact) mass is 274 g/mol. The van der Waals surface area contributed by atoms with Crippen LogP contribution in [0.2, 0.25) is 0 Å². The zero-order chi connectivity index (χ0) is 14.4. The molecule has 0 unspecified atom stereocenters. The first-order valence-corrected chi connectivity index (χ1v) is 7.67. The Balaban J connectivity index is 1.83. The first-order chi connectivity index (χ1) is 9.72. The lowest BCUT2D eigenvalue weighted by Crippen LogP contribution is -2.38. The van der Waals surface area contributed by atoms with Gasteiger partial charge in [0.05, 0.1) is 0 Å². The average Bonchev–Trinajstić information content (AvgIpc) is 2.53. The fourth-order valence-corrected chi connectivity index (χ4v) is 3.10. The van der Waals surface area contributed by atoms with Crippen molar-refractivity contribution in [1.29, 1.82) is 0 Å². The molecular formula is C17H26N2O. The van der Waals surface area contributed by atoms with E-state index in [-0.39, 0.29) is 5.92 Å². The van der Waals surface area contributed by atoms with E-state index in [0.717, 1.165) is 38.8 Å². The predicted molar refractivity (Wildman–Crippen MR) is 82.7 cm³/mol. The number of nitrogens with one attached hydrogen (secondary N) is 1. The highest BCUT2D eigenvalue weighted by Crippen LogP contribution is 2.36. The highest BCUT2D eigenvalue weighted by molar-refractivity contribution is 5.78. The Morgan fingerprint density at radius 2 is 1.85 bits per heavy atom. The third-order valence-corrected chi connectivity index (χ3v) is 4.42. The van der Waals surface area contributed by atoms with E-state index in [9.17, 15) is 4.79 Å². The molecule has 0 aromatic heterocycles. The number of rotatable bonds is 5. The molecule has 0 radical (unpaired) electrons. The third-order valence-electron chi connectivity index (χ3n) is 4.42. The van der Waals surface area contributed by atoms with Gasteiger partial charge in [-0.25, -0.2) is 0 Å². The molecule has 1 amide bonds. The van der Waals surface area contributed by atoms with Crippen molar-refractivity contribution in [2.75, 3.05) is 27.2 Å². The minimum atomic E-state index is 0.233. The Morgan fingerprint density at radius 3 is 2.45 bits per heavy atom. The summed E-state index contributed by atoms with van der Waals surface area (Å²) in [5.41, 5.74) is 1.43. The summed E-state index contributed by atoms with van der Waals surface area (Å²) in [5, 5.41) is 3.09. The summed E-state index contributed by atoms with van der Waals surface area (Å²) in [5.74, 6) is 1.20. The van der Waals surface area contributed by atoms with Crippen molar-refractivity contribution >= 4 is 5.91 Å². The van der Waals surface area contributed by atoms with Crippen LogP contribution < -0.4 is 5.32 Å². The van der Waals surface area contributed by atoms with Gasteiger partial charge in [0, 0.05) is 26.1 Å². The van der Waals surface area contributed by atoms with Crippen molar-refractivity contribution in [2.45, 2.75) is 31.6 Å². The van der Waals surface area contributed by atoms with Gasteiger partial charge in [0.15, 0.2) is 0 Å². The molecule has 3 heteroatoms. The highest BCUT2D eigenvalue weighted by atomic mass is 16.2. The SMILES string of the molecule is CNCCN(C)C(=O)C1CCC(c2ccccc2)CC1. The zero-order valence-electron chi connectivity index (χ0n) is 12.6. The number of likely N-dealkylation sites (N-methyl/N-ethyl adjacent to an activating group) is 2. The van der Waals surface area contributed by atoms with Crippen LogP contribution in [0.15, 0.2) is 30.3 Å². The lowest BCUT2D eigenvalue weighted by Gasteiger charge is -2.30. The number of benzene rings is 1. The van der Waals surface area contributed by atoms with E-state index in [1.54, 1.807) is 0 Å². The molecule has 1 aliphatic rings. The van der Waals surface area contributed by atoms with E-state index in [1.165, 1.54) is 5.56 Å². The average molecular weight is 274 g/mol. The van der Waals surface area contributed by atoms with Gasteiger partial charge in [-0.2, -0.15) is 0 Å². The summed E-state index contributed by atoms with van der Waals surface area (Å²) in [6.45, 7) is 1.66. The molecule has 3 nitrogen and oxygen atoms in total. The molecule has 1 aromatic carbocycles. The van der Waals surface area contributed by atoms with Gasteiger partial charge < -0.3 is 10.2 Å². The number of nitrogens with zero attached hydrogens (tertiary/aromatic N) is 1. The normalized spacial score (nSPS) is 22.5. The van der Waals surface area contributed by atoms with Gasteiger partial charge in [0.1, 0.15) is 0 Å². The fourth-order valence-electron chi connectivity index (χ4n) is 3.10. The summed E-state index contributed by atoms with van der Waals surface area (Å²) in [6.07, 6.45) is 4.34. The standard InChI is InChI=1S/C17H26N2O/c1-18-12-13-19(2)17(20)16-10-8-15(9-11-16)14-6-4-3-5-7-14/h3-7,15-16,18H,8-13H2,1-2H3. The summed E-state index contributed by atoms with van der Waals surface area (Å²) in [7, 11) is 3.84. The maximum atomic E-state index is 12.3. The lowest BCUT2D eigenvalue weighted by molar-refractivity contribution is -0.135. The topological polar surface area (TPSA) is 32.3 Å². The lowest BCUT2D eigenvalue weighted by atomic mass is 9.78. The Morgan fingerprint density at radius 1 is 1.20 bits per heavy atom. The van der Waals surface area contributed by atoms with Crippen LogP contribution in [0, 0.1) is 5.92 Å². The molecule has 0 heterocycles. The molecule has 1 N–H and O–H groups in total. The first kappa shape index (κ1) is 15.0. The van der Waals surface area contributed by atoms with Crippen LogP contribution in [0.4, 0.5) is 0 Å². The van der Waals surface area contributed by atoms with Crippen LogP contribution >= 0.6 is 0 Å². The van der Waals surface area contributed by atoms with Gasteiger partial charge in [-0.05, 0) is 44.2 Å². The Hall–Kier alpha value is -1.35. The Bertz CT molecular complexity index is 410. The zero-order valence-corrected chi connectivity index (χ0v) is 12.6. The summed E-state index contributed by atoms with van der Waals surface area (Å²) >= 11 is 0. The molecular weight excluding hydrogens is 248 g/mol. The van der Waals surface area contributed by atoms with Crippen molar-refractivity contribution in [1.82, 2.24) is 10.2 Å². The molecule has 1 aromatic rings. The first-order valence-electron chi connectivity index (χ1n) is 7.67. The second-order valence-corrected chi connectivity index (χ2v) is 5.82. The number of carbonyl (C=O) groups is 1. The van der Waals surface area contributed by atoms with Crippen molar-refractivity contribution < 1.29 is 4.79 Å². The molecule has 1 fully saturated rings.